The Kier molecular flexibility index (Phi) is 7.96. The predicted octanol–water partition coefficient (Wildman–Crippen LogP) is 6.43. The summed E-state index contributed by atoms with van der Waals surface area (Å²) >= 11 is 0. The van der Waals surface area contributed by atoms with Gasteiger partial charge in [0.15, 0.2) is 0 Å². The van der Waals surface area contributed by atoms with Crippen molar-refractivity contribution in [2.24, 2.45) is 0 Å². The molecule has 0 heterocycles. The minimum absolute atomic E-state index is 0.405. The van der Waals surface area contributed by atoms with Crippen LogP contribution in [0.15, 0.2) is 78.9 Å². The van der Waals surface area contributed by atoms with Crippen LogP contribution in [0, 0.1) is 0 Å². The maximum Gasteiger partial charge on any atom is 0.412 e. The van der Waals surface area contributed by atoms with Gasteiger partial charge in [0, 0.05) is 0 Å². The molecule has 0 atom stereocenters. The van der Waals surface area contributed by atoms with Crippen LogP contribution < -0.4 is 9.62 Å². The molecule has 0 bridgehead atoms. The van der Waals surface area contributed by atoms with Gasteiger partial charge in [0.1, 0.15) is 5.88 Å². The lowest BCUT2D eigenvalue weighted by Crippen LogP contribution is -2.43. The zero-order valence-corrected chi connectivity index (χ0v) is 22.6. The fourth-order valence-electron chi connectivity index (χ4n) is 4.27. The first-order valence-electron chi connectivity index (χ1n) is 11.9. The van der Waals surface area contributed by atoms with Gasteiger partial charge < -0.3 is 5.11 Å². The van der Waals surface area contributed by atoms with E-state index in [0.717, 1.165) is 27.2 Å². The molecule has 1 amide bonds. The number of carbonyl (C=O) groups is 1. The van der Waals surface area contributed by atoms with Gasteiger partial charge in [0.25, 0.3) is 0 Å². The predicted molar refractivity (Wildman–Crippen MR) is 146 cm³/mol. The van der Waals surface area contributed by atoms with Gasteiger partial charge in [-0.2, -0.15) is 0 Å². The number of sulfonamides is 1. The quantitative estimate of drug-likeness (QED) is 0.385. The van der Waals surface area contributed by atoms with Crippen LogP contribution in [-0.2, 0) is 20.9 Å². The van der Waals surface area contributed by atoms with Crippen LogP contribution in [0.3, 0.4) is 0 Å². The average Bonchev–Trinajstić information content (AvgIpc) is 2.80. The van der Waals surface area contributed by atoms with Crippen LogP contribution >= 0.6 is 0 Å². The number of hydrogen-bond acceptors (Lipinski definition) is 3. The molecule has 0 fully saturated rings. The van der Waals surface area contributed by atoms with Crippen LogP contribution in [-0.4, -0.2) is 25.5 Å². The molecule has 0 radical (unpaired) electrons. The molecule has 3 aromatic rings. The molecule has 0 unspecified atom stereocenters. The standard InChI is InChI=1S/C29H36N2O4S/c1-28(2,3)23-18-13-19-24(29(4,5)6)26(23)31(27(32)33)20-36(34,35)30-25(21-14-9-7-10-15-21)22-16-11-8-12-17-22/h7-19,25,30H,20H2,1-6H3,(H,32,33). The van der Waals surface area contributed by atoms with E-state index >= 15 is 0 Å². The Morgan fingerprint density at radius 2 is 1.19 bits per heavy atom. The van der Waals surface area contributed by atoms with E-state index in [1.165, 1.54) is 0 Å². The summed E-state index contributed by atoms with van der Waals surface area (Å²) in [6.07, 6.45) is -1.32. The van der Waals surface area contributed by atoms with E-state index in [4.69, 9.17) is 0 Å². The molecule has 7 heteroatoms. The molecule has 2 N–H and O–H groups in total. The van der Waals surface area contributed by atoms with Gasteiger partial charge in [-0.3, -0.25) is 4.90 Å². The molecule has 0 aliphatic carbocycles. The zero-order valence-electron chi connectivity index (χ0n) is 21.8. The molecule has 0 saturated heterocycles. The molecule has 0 aromatic heterocycles. The number of nitrogens with zero attached hydrogens (tertiary/aromatic N) is 1. The summed E-state index contributed by atoms with van der Waals surface area (Å²) < 4.78 is 29.9. The molecule has 0 aliphatic heterocycles. The molecule has 0 aliphatic rings. The highest BCUT2D eigenvalue weighted by molar-refractivity contribution is 7.89. The fourth-order valence-corrected chi connectivity index (χ4v) is 5.55. The number of nitrogens with one attached hydrogen (secondary N) is 1. The van der Waals surface area contributed by atoms with Crippen molar-refractivity contribution in [2.75, 3.05) is 10.8 Å². The molecular weight excluding hydrogens is 472 g/mol. The van der Waals surface area contributed by atoms with Gasteiger partial charge in [0.05, 0.1) is 11.7 Å². The van der Waals surface area contributed by atoms with Crippen LogP contribution in [0.25, 0.3) is 0 Å². The third-order valence-electron chi connectivity index (χ3n) is 6.02. The largest absolute Gasteiger partial charge is 0.465 e. The van der Waals surface area contributed by atoms with E-state index in [9.17, 15) is 18.3 Å². The molecule has 6 nitrogen and oxygen atoms in total. The minimum Gasteiger partial charge on any atom is -0.465 e. The fraction of sp³-hybridized carbons (Fsp3) is 0.345. The zero-order chi connectivity index (χ0) is 26.7. The van der Waals surface area contributed by atoms with Crippen LogP contribution in [0.4, 0.5) is 10.5 Å². The van der Waals surface area contributed by atoms with E-state index in [2.05, 4.69) is 4.72 Å². The second-order valence-corrected chi connectivity index (χ2v) is 12.8. The summed E-state index contributed by atoms with van der Waals surface area (Å²) in [5.74, 6) is -0.728. The molecule has 3 rings (SSSR count). The Balaban J connectivity index is 2.09. The summed E-state index contributed by atoms with van der Waals surface area (Å²) in [6.45, 7) is 12.0. The molecule has 0 saturated carbocycles. The van der Waals surface area contributed by atoms with Gasteiger partial charge in [-0.1, -0.05) is 120 Å². The second-order valence-electron chi connectivity index (χ2n) is 11.0. The number of amides is 1. The molecule has 0 spiro atoms. The first-order valence-corrected chi connectivity index (χ1v) is 13.6. The van der Waals surface area contributed by atoms with Crippen molar-refractivity contribution < 1.29 is 18.3 Å². The topological polar surface area (TPSA) is 86.7 Å². The number of rotatable bonds is 7. The van der Waals surface area contributed by atoms with Gasteiger partial charge in [-0.25, -0.2) is 17.9 Å². The Morgan fingerprint density at radius 3 is 1.56 bits per heavy atom. The number of anilines is 1. The lowest BCUT2D eigenvalue weighted by molar-refractivity contribution is 0.202. The van der Waals surface area contributed by atoms with E-state index in [1.807, 2.05) is 120 Å². The lowest BCUT2D eigenvalue weighted by atomic mass is 9.78. The Hall–Kier alpha value is -3.16. The van der Waals surface area contributed by atoms with Gasteiger partial charge >= 0.3 is 6.09 Å². The van der Waals surface area contributed by atoms with Crippen LogP contribution in [0.2, 0.25) is 0 Å². The monoisotopic (exact) mass is 508 g/mol. The second kappa shape index (κ2) is 10.4. The smallest absolute Gasteiger partial charge is 0.412 e. The highest BCUT2D eigenvalue weighted by Crippen LogP contribution is 2.40. The summed E-state index contributed by atoms with van der Waals surface area (Å²) in [4.78, 5) is 13.6. The minimum atomic E-state index is -4.10. The summed E-state index contributed by atoms with van der Waals surface area (Å²) in [6, 6.07) is 23.5. The van der Waals surface area contributed by atoms with Crippen molar-refractivity contribution in [3.05, 3.63) is 101 Å². The van der Waals surface area contributed by atoms with E-state index < -0.39 is 38.9 Å². The van der Waals surface area contributed by atoms with E-state index in [1.54, 1.807) is 0 Å². The van der Waals surface area contributed by atoms with Gasteiger partial charge in [-0.15, -0.1) is 0 Å². The van der Waals surface area contributed by atoms with Crippen molar-refractivity contribution in [3.8, 4) is 0 Å². The SMILES string of the molecule is CC(C)(C)c1cccc(C(C)(C)C)c1N(CS(=O)(=O)NC(c1ccccc1)c1ccccc1)C(=O)O. The lowest BCUT2D eigenvalue weighted by Gasteiger charge is -2.34. The van der Waals surface area contributed by atoms with Crippen molar-refractivity contribution in [3.63, 3.8) is 0 Å². The van der Waals surface area contributed by atoms with Crippen molar-refractivity contribution in [1.82, 2.24) is 4.72 Å². The molecule has 36 heavy (non-hydrogen) atoms. The van der Waals surface area contributed by atoms with Gasteiger partial charge in [0.2, 0.25) is 10.0 Å². The van der Waals surface area contributed by atoms with Crippen molar-refractivity contribution >= 4 is 21.8 Å². The van der Waals surface area contributed by atoms with Gasteiger partial charge in [-0.05, 0) is 33.1 Å². The summed E-state index contributed by atoms with van der Waals surface area (Å²) in [5.41, 5.74) is 2.69. The number of para-hydroxylation sites is 1. The third-order valence-corrected chi connectivity index (χ3v) is 7.21. The Labute approximate surface area is 215 Å². The van der Waals surface area contributed by atoms with E-state index in [-0.39, 0.29) is 0 Å². The molecule has 192 valence electrons. The average molecular weight is 509 g/mol. The maximum absolute atomic E-state index is 13.6. The van der Waals surface area contributed by atoms with Crippen molar-refractivity contribution in [2.45, 2.75) is 58.4 Å². The van der Waals surface area contributed by atoms with Crippen molar-refractivity contribution in [1.29, 1.82) is 0 Å². The number of carboxylic acid groups (broad SMARTS) is 1. The third kappa shape index (κ3) is 6.53. The van der Waals surface area contributed by atoms with Crippen LogP contribution in [0.5, 0.6) is 0 Å². The number of hydrogen-bond donors (Lipinski definition) is 2. The summed E-state index contributed by atoms with van der Waals surface area (Å²) in [5, 5.41) is 10.3. The maximum atomic E-state index is 13.6. The molecular formula is C29H36N2O4S. The highest BCUT2D eigenvalue weighted by atomic mass is 32.2. The highest BCUT2D eigenvalue weighted by Gasteiger charge is 2.34. The first kappa shape index (κ1) is 27.4. The Bertz CT molecular complexity index is 1220. The first-order chi connectivity index (χ1) is 16.7. The normalized spacial score (nSPS) is 12.5. The van der Waals surface area contributed by atoms with Crippen LogP contribution in [0.1, 0.15) is 69.8 Å². The van der Waals surface area contributed by atoms with E-state index in [0.29, 0.717) is 5.69 Å². The summed E-state index contributed by atoms with van der Waals surface area (Å²) in [7, 11) is -4.10. The number of benzene rings is 3. The molecule has 3 aromatic carbocycles. The Morgan fingerprint density at radius 1 is 0.778 bits per heavy atom.